The second-order valence-electron chi connectivity index (χ2n) is 4.27. The standard InChI is InChI=1S/C13H12N4O4/c1-8-5-15-9(6-14-8)7-16-11-4-2-3-10(13(18)19)12(11)17(20)21/h2-6,16H,7H2,1H3,(H,18,19). The van der Waals surface area contributed by atoms with E-state index in [1.165, 1.54) is 18.2 Å². The molecule has 0 atom stereocenters. The lowest BCUT2D eigenvalue weighted by atomic mass is 10.1. The second-order valence-corrected chi connectivity index (χ2v) is 4.27. The van der Waals surface area contributed by atoms with Crippen LogP contribution in [0.15, 0.2) is 30.6 Å². The zero-order valence-electron chi connectivity index (χ0n) is 11.1. The molecule has 0 bridgehead atoms. The van der Waals surface area contributed by atoms with Crippen LogP contribution in [0, 0.1) is 17.0 Å². The van der Waals surface area contributed by atoms with Crippen molar-refractivity contribution in [2.75, 3.05) is 5.32 Å². The first kappa shape index (κ1) is 14.4. The number of anilines is 1. The van der Waals surface area contributed by atoms with Crippen molar-refractivity contribution >= 4 is 17.3 Å². The number of benzene rings is 1. The van der Waals surface area contributed by atoms with Crippen molar-refractivity contribution in [3.05, 3.63) is 57.7 Å². The largest absolute Gasteiger partial charge is 0.477 e. The first-order chi connectivity index (χ1) is 9.99. The van der Waals surface area contributed by atoms with E-state index in [9.17, 15) is 14.9 Å². The van der Waals surface area contributed by atoms with Gasteiger partial charge >= 0.3 is 11.7 Å². The van der Waals surface area contributed by atoms with Crippen molar-refractivity contribution < 1.29 is 14.8 Å². The van der Waals surface area contributed by atoms with Crippen LogP contribution in [0.1, 0.15) is 21.7 Å². The molecule has 0 aliphatic heterocycles. The van der Waals surface area contributed by atoms with Crippen LogP contribution in [0.5, 0.6) is 0 Å². The van der Waals surface area contributed by atoms with Gasteiger partial charge in [0.1, 0.15) is 11.3 Å². The molecule has 8 nitrogen and oxygen atoms in total. The van der Waals surface area contributed by atoms with Crippen LogP contribution in [-0.4, -0.2) is 26.0 Å². The summed E-state index contributed by atoms with van der Waals surface area (Å²) >= 11 is 0. The summed E-state index contributed by atoms with van der Waals surface area (Å²) in [6, 6.07) is 4.09. The lowest BCUT2D eigenvalue weighted by Crippen LogP contribution is -2.08. The summed E-state index contributed by atoms with van der Waals surface area (Å²) in [7, 11) is 0. The normalized spacial score (nSPS) is 10.1. The number of aryl methyl sites for hydroxylation is 1. The third kappa shape index (κ3) is 3.30. The Kier molecular flexibility index (Phi) is 4.07. The summed E-state index contributed by atoms with van der Waals surface area (Å²) in [5.74, 6) is -1.35. The summed E-state index contributed by atoms with van der Waals surface area (Å²) in [5, 5.41) is 22.9. The molecule has 8 heteroatoms. The molecular formula is C13H12N4O4. The van der Waals surface area contributed by atoms with E-state index in [0.29, 0.717) is 5.69 Å². The Balaban J connectivity index is 2.27. The molecule has 1 aromatic heterocycles. The Morgan fingerprint density at radius 3 is 2.71 bits per heavy atom. The lowest BCUT2D eigenvalue weighted by molar-refractivity contribution is -0.384. The number of nitro groups is 1. The summed E-state index contributed by atoms with van der Waals surface area (Å²) < 4.78 is 0. The summed E-state index contributed by atoms with van der Waals surface area (Å²) in [6.07, 6.45) is 3.13. The van der Waals surface area contributed by atoms with E-state index in [-0.39, 0.29) is 17.8 Å². The minimum Gasteiger partial charge on any atom is -0.477 e. The number of hydrogen-bond donors (Lipinski definition) is 2. The number of carboxylic acids is 1. The van der Waals surface area contributed by atoms with Gasteiger partial charge in [-0.1, -0.05) is 6.07 Å². The van der Waals surface area contributed by atoms with E-state index in [1.54, 1.807) is 19.3 Å². The molecule has 2 N–H and O–H groups in total. The first-order valence-corrected chi connectivity index (χ1v) is 6.01. The molecule has 0 aliphatic rings. The smallest absolute Gasteiger partial charge is 0.342 e. The number of para-hydroxylation sites is 1. The van der Waals surface area contributed by atoms with E-state index in [0.717, 1.165) is 5.69 Å². The highest BCUT2D eigenvalue weighted by Gasteiger charge is 2.23. The van der Waals surface area contributed by atoms with Gasteiger partial charge in [0.15, 0.2) is 0 Å². The molecule has 0 spiro atoms. The number of carboxylic acid groups (broad SMARTS) is 1. The zero-order valence-corrected chi connectivity index (χ0v) is 11.1. The van der Waals surface area contributed by atoms with Crippen LogP contribution < -0.4 is 5.32 Å². The fraction of sp³-hybridized carbons (Fsp3) is 0.154. The van der Waals surface area contributed by atoms with Crippen LogP contribution in [-0.2, 0) is 6.54 Å². The Labute approximate surface area is 119 Å². The van der Waals surface area contributed by atoms with Crippen molar-refractivity contribution in [2.45, 2.75) is 13.5 Å². The molecule has 0 unspecified atom stereocenters. The van der Waals surface area contributed by atoms with Crippen molar-refractivity contribution in [2.24, 2.45) is 0 Å². The molecule has 1 heterocycles. The average molecular weight is 288 g/mol. The fourth-order valence-corrected chi connectivity index (χ4v) is 1.75. The highest BCUT2D eigenvalue weighted by molar-refractivity contribution is 5.95. The molecule has 0 saturated heterocycles. The number of hydrogen-bond acceptors (Lipinski definition) is 6. The number of aromatic carboxylic acids is 1. The summed E-state index contributed by atoms with van der Waals surface area (Å²) in [6.45, 7) is 2.00. The number of nitrogens with zero attached hydrogens (tertiary/aromatic N) is 3. The van der Waals surface area contributed by atoms with E-state index in [2.05, 4.69) is 15.3 Å². The SMILES string of the molecule is Cc1cnc(CNc2cccc(C(=O)O)c2[N+](=O)[O-])cn1. The van der Waals surface area contributed by atoms with Crippen LogP contribution in [0.3, 0.4) is 0 Å². The fourth-order valence-electron chi connectivity index (χ4n) is 1.75. The maximum Gasteiger partial charge on any atom is 0.342 e. The van der Waals surface area contributed by atoms with Crippen molar-refractivity contribution in [3.8, 4) is 0 Å². The quantitative estimate of drug-likeness (QED) is 0.638. The van der Waals surface area contributed by atoms with E-state index < -0.39 is 16.6 Å². The van der Waals surface area contributed by atoms with Gasteiger partial charge in [0.25, 0.3) is 0 Å². The van der Waals surface area contributed by atoms with E-state index >= 15 is 0 Å². The Bertz CT molecular complexity index is 685. The van der Waals surface area contributed by atoms with Crippen LogP contribution in [0.4, 0.5) is 11.4 Å². The summed E-state index contributed by atoms with van der Waals surface area (Å²) in [4.78, 5) is 29.6. The predicted octanol–water partition coefficient (Wildman–Crippen LogP) is 2.00. The average Bonchev–Trinajstić information content (AvgIpc) is 2.46. The topological polar surface area (TPSA) is 118 Å². The van der Waals surface area contributed by atoms with E-state index in [4.69, 9.17) is 5.11 Å². The molecule has 0 saturated carbocycles. The first-order valence-electron chi connectivity index (χ1n) is 6.01. The number of nitro benzene ring substituents is 1. The van der Waals surface area contributed by atoms with Gasteiger partial charge in [-0.05, 0) is 19.1 Å². The number of aromatic nitrogens is 2. The maximum absolute atomic E-state index is 11.1. The molecule has 0 amide bonds. The third-order valence-electron chi connectivity index (χ3n) is 2.74. The highest BCUT2D eigenvalue weighted by Crippen LogP contribution is 2.28. The molecule has 108 valence electrons. The molecule has 2 aromatic rings. The summed E-state index contributed by atoms with van der Waals surface area (Å²) in [5.41, 5.74) is 0.653. The lowest BCUT2D eigenvalue weighted by Gasteiger charge is -2.08. The highest BCUT2D eigenvalue weighted by atomic mass is 16.6. The second kappa shape index (κ2) is 5.95. The van der Waals surface area contributed by atoms with Crippen molar-refractivity contribution in [1.82, 2.24) is 9.97 Å². The van der Waals surface area contributed by atoms with Crippen LogP contribution in [0.25, 0.3) is 0 Å². The minimum absolute atomic E-state index is 0.127. The molecule has 0 fully saturated rings. The number of rotatable bonds is 5. The van der Waals surface area contributed by atoms with Gasteiger partial charge in [-0.25, -0.2) is 4.79 Å². The van der Waals surface area contributed by atoms with Gasteiger partial charge < -0.3 is 10.4 Å². The maximum atomic E-state index is 11.1. The Morgan fingerprint density at radius 1 is 1.38 bits per heavy atom. The molecule has 1 aromatic carbocycles. The molecule has 0 radical (unpaired) electrons. The molecule has 21 heavy (non-hydrogen) atoms. The third-order valence-corrected chi connectivity index (χ3v) is 2.74. The minimum atomic E-state index is -1.35. The van der Waals surface area contributed by atoms with Crippen molar-refractivity contribution in [3.63, 3.8) is 0 Å². The molecule has 2 rings (SSSR count). The van der Waals surface area contributed by atoms with E-state index in [1.807, 2.05) is 0 Å². The van der Waals surface area contributed by atoms with Gasteiger partial charge in [-0.3, -0.25) is 20.1 Å². The van der Waals surface area contributed by atoms with Crippen LogP contribution >= 0.6 is 0 Å². The van der Waals surface area contributed by atoms with Gasteiger partial charge in [0.05, 0.1) is 29.1 Å². The van der Waals surface area contributed by atoms with Gasteiger partial charge in [-0.15, -0.1) is 0 Å². The zero-order chi connectivity index (χ0) is 15.4. The van der Waals surface area contributed by atoms with Gasteiger partial charge in [0, 0.05) is 6.20 Å². The Hall–Kier alpha value is -3.03. The van der Waals surface area contributed by atoms with Crippen molar-refractivity contribution in [1.29, 1.82) is 0 Å². The number of nitrogens with one attached hydrogen (secondary N) is 1. The monoisotopic (exact) mass is 288 g/mol. The van der Waals surface area contributed by atoms with Crippen LogP contribution in [0.2, 0.25) is 0 Å². The van der Waals surface area contributed by atoms with Gasteiger partial charge in [0.2, 0.25) is 0 Å². The molecular weight excluding hydrogens is 276 g/mol. The van der Waals surface area contributed by atoms with Gasteiger partial charge in [-0.2, -0.15) is 0 Å². The Morgan fingerprint density at radius 2 is 2.14 bits per heavy atom. The number of carbonyl (C=O) groups is 1. The predicted molar refractivity (Wildman–Crippen MR) is 74.2 cm³/mol. The molecule has 0 aliphatic carbocycles.